The first-order valence-corrected chi connectivity index (χ1v) is 11.8. The number of halogens is 1. The molecule has 0 bridgehead atoms. The minimum Gasteiger partial charge on any atom is -0.493 e. The van der Waals surface area contributed by atoms with Gasteiger partial charge in [-0.25, -0.2) is 14.5 Å². The van der Waals surface area contributed by atoms with E-state index in [1.165, 1.54) is 25.3 Å². The molecule has 1 heterocycles. The monoisotopic (exact) mass is 564 g/mol. The van der Waals surface area contributed by atoms with Crippen molar-refractivity contribution in [3.8, 4) is 11.5 Å². The third kappa shape index (κ3) is 5.54. The van der Waals surface area contributed by atoms with Crippen molar-refractivity contribution in [2.75, 3.05) is 12.0 Å². The summed E-state index contributed by atoms with van der Waals surface area (Å²) in [6.07, 6.45) is 1.37. The summed E-state index contributed by atoms with van der Waals surface area (Å²) in [5.41, 5.74) is 2.45. The summed E-state index contributed by atoms with van der Waals surface area (Å²) in [4.78, 5) is 50.0. The van der Waals surface area contributed by atoms with Crippen LogP contribution in [0.3, 0.4) is 0 Å². The Morgan fingerprint density at radius 1 is 1.05 bits per heavy atom. The molecule has 0 radical (unpaired) electrons. The van der Waals surface area contributed by atoms with Crippen LogP contribution in [0.5, 0.6) is 11.5 Å². The first-order chi connectivity index (χ1) is 17.7. The number of methoxy groups -OCH3 is 1. The van der Waals surface area contributed by atoms with Crippen LogP contribution in [-0.2, 0) is 16.2 Å². The Morgan fingerprint density at radius 2 is 1.73 bits per heavy atom. The molecule has 37 heavy (non-hydrogen) atoms. The van der Waals surface area contributed by atoms with E-state index in [0.717, 1.165) is 16.0 Å². The number of barbiturate groups is 1. The molecule has 0 saturated carbocycles. The van der Waals surface area contributed by atoms with E-state index in [9.17, 15) is 19.2 Å². The van der Waals surface area contributed by atoms with Crippen LogP contribution in [0.2, 0.25) is 0 Å². The first-order valence-electron chi connectivity index (χ1n) is 11.0. The average molecular weight is 565 g/mol. The van der Waals surface area contributed by atoms with Crippen LogP contribution in [0.4, 0.5) is 10.5 Å². The number of nitrogens with one attached hydrogen (secondary N) is 1. The number of carboxylic acid groups (broad SMARTS) is 1. The Hall–Kier alpha value is -4.44. The van der Waals surface area contributed by atoms with Crippen molar-refractivity contribution < 1.29 is 33.8 Å². The van der Waals surface area contributed by atoms with E-state index in [2.05, 4.69) is 21.2 Å². The lowest BCUT2D eigenvalue weighted by molar-refractivity contribution is -0.122. The predicted molar refractivity (Wildman–Crippen MR) is 139 cm³/mol. The number of ether oxygens (including phenoxy) is 2. The maximum Gasteiger partial charge on any atom is 0.335 e. The molecule has 0 spiro atoms. The minimum absolute atomic E-state index is 0.143. The van der Waals surface area contributed by atoms with Gasteiger partial charge in [0.05, 0.1) is 22.8 Å². The van der Waals surface area contributed by atoms with Gasteiger partial charge < -0.3 is 14.6 Å². The standard InChI is InChI=1S/C27H21BrN2O7/c1-15-3-9-19(10-4-15)30-25(32)20(24(31)29-27(30)35)11-17-12-21(28)23(22(13-17)36-2)37-14-16-5-7-18(8-6-16)26(33)34/h3-13H,14H2,1-2H3,(H,33,34)(H,29,31,35)/b20-11+. The molecule has 2 N–H and O–H groups in total. The van der Waals surface area contributed by atoms with Crippen LogP contribution in [0.25, 0.3) is 6.08 Å². The van der Waals surface area contributed by atoms with Crippen LogP contribution in [0.15, 0.2) is 70.7 Å². The van der Waals surface area contributed by atoms with Gasteiger partial charge in [-0.05, 0) is 76.5 Å². The van der Waals surface area contributed by atoms with Gasteiger partial charge in [0.1, 0.15) is 12.2 Å². The van der Waals surface area contributed by atoms with Crippen LogP contribution in [-0.4, -0.2) is 36.0 Å². The SMILES string of the molecule is COc1cc(/C=C2\C(=O)NC(=O)N(c3ccc(C)cc3)C2=O)cc(Br)c1OCc1ccc(C(=O)O)cc1. The number of aryl methyl sites for hydroxylation is 1. The fraction of sp³-hybridized carbons (Fsp3) is 0.111. The number of benzene rings is 3. The van der Waals surface area contributed by atoms with Gasteiger partial charge >= 0.3 is 12.0 Å². The zero-order valence-corrected chi connectivity index (χ0v) is 21.4. The molecule has 4 rings (SSSR count). The Balaban J connectivity index is 1.60. The second kappa shape index (κ2) is 10.7. The smallest absolute Gasteiger partial charge is 0.335 e. The Kier molecular flexibility index (Phi) is 7.40. The highest BCUT2D eigenvalue weighted by Gasteiger charge is 2.36. The number of hydrogen-bond donors (Lipinski definition) is 2. The number of imide groups is 2. The van der Waals surface area contributed by atoms with Crippen molar-refractivity contribution >= 4 is 51.5 Å². The van der Waals surface area contributed by atoms with Gasteiger partial charge in [0.25, 0.3) is 11.8 Å². The molecule has 0 unspecified atom stereocenters. The quantitative estimate of drug-likeness (QED) is 0.314. The fourth-order valence-corrected chi connectivity index (χ4v) is 4.19. The molecule has 1 fully saturated rings. The fourth-order valence-electron chi connectivity index (χ4n) is 3.61. The maximum atomic E-state index is 13.1. The number of hydrogen-bond acceptors (Lipinski definition) is 6. The normalized spacial score (nSPS) is 14.5. The summed E-state index contributed by atoms with van der Waals surface area (Å²) in [5, 5.41) is 11.2. The summed E-state index contributed by atoms with van der Waals surface area (Å²) in [5.74, 6) is -1.86. The molecule has 9 nitrogen and oxygen atoms in total. The van der Waals surface area contributed by atoms with E-state index in [1.54, 1.807) is 48.5 Å². The van der Waals surface area contributed by atoms with Gasteiger partial charge in [0.15, 0.2) is 11.5 Å². The van der Waals surface area contributed by atoms with Crippen LogP contribution < -0.4 is 19.7 Å². The topological polar surface area (TPSA) is 122 Å². The molecule has 1 aliphatic heterocycles. The molecule has 0 aromatic heterocycles. The summed E-state index contributed by atoms with van der Waals surface area (Å²) in [6, 6.07) is 15.5. The molecule has 1 saturated heterocycles. The highest BCUT2D eigenvalue weighted by Crippen LogP contribution is 2.38. The number of carbonyl (C=O) groups is 4. The van der Waals surface area contributed by atoms with Gasteiger partial charge in [-0.1, -0.05) is 29.8 Å². The zero-order chi connectivity index (χ0) is 26.7. The minimum atomic E-state index is -1.02. The van der Waals surface area contributed by atoms with Crippen molar-refractivity contribution in [1.29, 1.82) is 0 Å². The van der Waals surface area contributed by atoms with Gasteiger partial charge in [0, 0.05) is 0 Å². The number of rotatable bonds is 7. The van der Waals surface area contributed by atoms with Crippen molar-refractivity contribution in [3.63, 3.8) is 0 Å². The van der Waals surface area contributed by atoms with Gasteiger partial charge in [-0.2, -0.15) is 0 Å². The van der Waals surface area contributed by atoms with Crippen molar-refractivity contribution in [2.24, 2.45) is 0 Å². The van der Waals surface area contributed by atoms with Crippen molar-refractivity contribution in [2.45, 2.75) is 13.5 Å². The third-order valence-electron chi connectivity index (χ3n) is 5.54. The molecular weight excluding hydrogens is 544 g/mol. The van der Waals surface area contributed by atoms with Crippen LogP contribution in [0.1, 0.15) is 27.0 Å². The molecule has 1 aliphatic rings. The first kappa shape index (κ1) is 25.6. The lowest BCUT2D eigenvalue weighted by Gasteiger charge is -2.26. The number of carbonyl (C=O) groups excluding carboxylic acids is 3. The van der Waals surface area contributed by atoms with E-state index in [4.69, 9.17) is 14.6 Å². The van der Waals surface area contributed by atoms with E-state index in [-0.39, 0.29) is 17.7 Å². The average Bonchev–Trinajstić information content (AvgIpc) is 2.87. The molecule has 3 aromatic carbocycles. The summed E-state index contributed by atoms with van der Waals surface area (Å²) in [6.45, 7) is 2.02. The van der Waals surface area contributed by atoms with Crippen molar-refractivity contribution in [3.05, 3.63) is 93.0 Å². The summed E-state index contributed by atoms with van der Waals surface area (Å²) >= 11 is 3.44. The Morgan fingerprint density at radius 3 is 2.35 bits per heavy atom. The lowest BCUT2D eigenvalue weighted by Crippen LogP contribution is -2.54. The predicted octanol–water partition coefficient (Wildman–Crippen LogP) is 4.71. The van der Waals surface area contributed by atoms with Crippen LogP contribution >= 0.6 is 15.9 Å². The second-order valence-electron chi connectivity index (χ2n) is 8.12. The summed E-state index contributed by atoms with van der Waals surface area (Å²) < 4.78 is 11.8. The van der Waals surface area contributed by atoms with Gasteiger partial charge in [-0.15, -0.1) is 0 Å². The number of anilines is 1. The number of urea groups is 1. The van der Waals surface area contributed by atoms with E-state index in [0.29, 0.717) is 27.2 Å². The summed E-state index contributed by atoms with van der Waals surface area (Å²) in [7, 11) is 1.45. The lowest BCUT2D eigenvalue weighted by atomic mass is 10.1. The number of carboxylic acids is 1. The van der Waals surface area contributed by atoms with Crippen molar-refractivity contribution in [1.82, 2.24) is 5.32 Å². The molecule has 0 atom stereocenters. The van der Waals surface area contributed by atoms with E-state index >= 15 is 0 Å². The molecule has 3 aromatic rings. The Labute approximate surface area is 220 Å². The van der Waals surface area contributed by atoms with E-state index < -0.39 is 23.8 Å². The zero-order valence-electron chi connectivity index (χ0n) is 19.8. The molecule has 188 valence electrons. The number of nitrogens with zero attached hydrogens (tertiary/aromatic N) is 1. The maximum absolute atomic E-state index is 13.1. The van der Waals surface area contributed by atoms with Gasteiger partial charge in [0.2, 0.25) is 0 Å². The highest BCUT2D eigenvalue weighted by atomic mass is 79.9. The number of amides is 4. The molecule has 10 heteroatoms. The molecular formula is C27H21BrN2O7. The van der Waals surface area contributed by atoms with Gasteiger partial charge in [-0.3, -0.25) is 14.9 Å². The largest absolute Gasteiger partial charge is 0.493 e. The van der Waals surface area contributed by atoms with Crippen LogP contribution in [0, 0.1) is 6.92 Å². The Bertz CT molecular complexity index is 1430. The number of aromatic carboxylic acids is 1. The van der Waals surface area contributed by atoms with E-state index in [1.807, 2.05) is 6.92 Å². The second-order valence-corrected chi connectivity index (χ2v) is 8.97. The molecule has 4 amide bonds. The third-order valence-corrected chi connectivity index (χ3v) is 6.13. The molecule has 0 aliphatic carbocycles. The highest BCUT2D eigenvalue weighted by molar-refractivity contribution is 9.10.